The molecule has 0 aliphatic carbocycles. The highest BCUT2D eigenvalue weighted by Crippen LogP contribution is 2.22. The van der Waals surface area contributed by atoms with E-state index in [9.17, 15) is 13.2 Å². The first-order valence-corrected chi connectivity index (χ1v) is 10.8. The summed E-state index contributed by atoms with van der Waals surface area (Å²) in [6.45, 7) is 2.43. The van der Waals surface area contributed by atoms with Crippen LogP contribution >= 0.6 is 11.6 Å². The van der Waals surface area contributed by atoms with E-state index in [-0.39, 0.29) is 33.3 Å². The average Bonchev–Trinajstić information content (AvgIpc) is 3.14. The molecule has 3 rings (SSSR count). The van der Waals surface area contributed by atoms with Gasteiger partial charge in [-0.05, 0) is 31.2 Å². The van der Waals surface area contributed by atoms with Gasteiger partial charge in [-0.15, -0.1) is 0 Å². The van der Waals surface area contributed by atoms with Crippen molar-refractivity contribution in [2.24, 2.45) is 0 Å². The number of methoxy groups -OCH3 is 2. The number of benzene rings is 1. The van der Waals surface area contributed by atoms with Gasteiger partial charge in [0, 0.05) is 24.5 Å². The molecule has 0 aliphatic rings. The van der Waals surface area contributed by atoms with Gasteiger partial charge in [0.05, 0.1) is 24.1 Å². The van der Waals surface area contributed by atoms with Crippen LogP contribution in [0.5, 0.6) is 11.9 Å². The Labute approximate surface area is 183 Å². The van der Waals surface area contributed by atoms with Gasteiger partial charge >= 0.3 is 6.01 Å². The summed E-state index contributed by atoms with van der Waals surface area (Å²) in [5.41, 5.74) is 0.449. The quantitative estimate of drug-likeness (QED) is 0.516. The number of carbonyl (C=O) groups is 1. The molecule has 2 heterocycles. The van der Waals surface area contributed by atoms with Crippen LogP contribution in [0.2, 0.25) is 5.02 Å². The summed E-state index contributed by atoms with van der Waals surface area (Å²) < 4.78 is 39.1. The van der Waals surface area contributed by atoms with Crippen LogP contribution in [-0.2, 0) is 16.6 Å². The summed E-state index contributed by atoms with van der Waals surface area (Å²) in [4.78, 5) is 20.2. The molecule has 0 bridgehead atoms. The zero-order chi connectivity index (χ0) is 22.6. The molecule has 2 aromatic heterocycles. The molecule has 0 saturated carbocycles. The Balaban J connectivity index is 1.75. The number of nitrogens with zero attached hydrogens (tertiary/aromatic N) is 4. The summed E-state index contributed by atoms with van der Waals surface area (Å²) in [5, 5.41) is 6.94. The Morgan fingerprint density at radius 2 is 1.87 bits per heavy atom. The fraction of sp³-hybridized carbons (Fsp3) is 0.222. The second-order valence-corrected chi connectivity index (χ2v) is 8.14. The Morgan fingerprint density at radius 3 is 2.45 bits per heavy atom. The Kier molecular flexibility index (Phi) is 6.61. The van der Waals surface area contributed by atoms with Gasteiger partial charge in [-0.1, -0.05) is 11.6 Å². The van der Waals surface area contributed by atoms with Crippen LogP contribution in [0.1, 0.15) is 17.4 Å². The monoisotopic (exact) mass is 466 g/mol. The number of hydrogen-bond donors (Lipinski definition) is 2. The van der Waals surface area contributed by atoms with Gasteiger partial charge in [-0.25, -0.2) is 8.42 Å². The predicted octanol–water partition coefficient (Wildman–Crippen LogP) is 2.42. The molecule has 0 unspecified atom stereocenters. The summed E-state index contributed by atoms with van der Waals surface area (Å²) >= 11 is 6.03. The second kappa shape index (κ2) is 9.18. The van der Waals surface area contributed by atoms with E-state index >= 15 is 0 Å². The van der Waals surface area contributed by atoms with Crippen molar-refractivity contribution in [2.45, 2.75) is 18.4 Å². The van der Waals surface area contributed by atoms with E-state index in [4.69, 9.17) is 21.1 Å². The van der Waals surface area contributed by atoms with Crippen molar-refractivity contribution >= 4 is 39.0 Å². The third kappa shape index (κ3) is 5.22. The van der Waals surface area contributed by atoms with Crippen LogP contribution in [0.15, 0.2) is 41.4 Å². The first-order valence-electron chi connectivity index (χ1n) is 8.90. The van der Waals surface area contributed by atoms with Crippen molar-refractivity contribution in [2.75, 3.05) is 24.3 Å². The molecule has 1 aromatic carbocycles. The van der Waals surface area contributed by atoms with Gasteiger partial charge in [0.1, 0.15) is 0 Å². The Morgan fingerprint density at radius 1 is 1.16 bits per heavy atom. The van der Waals surface area contributed by atoms with E-state index in [2.05, 4.69) is 25.1 Å². The number of amides is 1. The van der Waals surface area contributed by atoms with Crippen molar-refractivity contribution in [3.8, 4) is 11.9 Å². The molecular weight excluding hydrogens is 448 g/mol. The van der Waals surface area contributed by atoms with Gasteiger partial charge in [-0.3, -0.25) is 14.2 Å². The minimum atomic E-state index is -3.97. The lowest BCUT2D eigenvalue weighted by molar-refractivity contribution is 0.102. The van der Waals surface area contributed by atoms with Crippen molar-refractivity contribution in [1.82, 2.24) is 19.7 Å². The number of ether oxygens (including phenoxy) is 2. The van der Waals surface area contributed by atoms with Crippen LogP contribution in [0, 0.1) is 0 Å². The maximum Gasteiger partial charge on any atom is 0.321 e. The fourth-order valence-corrected chi connectivity index (χ4v) is 3.70. The lowest BCUT2D eigenvalue weighted by Gasteiger charge is -2.10. The normalized spacial score (nSPS) is 11.1. The van der Waals surface area contributed by atoms with Gasteiger partial charge in [0.2, 0.25) is 5.88 Å². The largest absolute Gasteiger partial charge is 0.481 e. The van der Waals surface area contributed by atoms with Gasteiger partial charge in [0.25, 0.3) is 15.9 Å². The SMILES string of the molecule is CCn1cc(Cl)c(C(=O)Nc2ccc(S(=O)(=O)Nc3cc(OC)nc(OC)n3)cc2)n1. The molecular formula is C18H19ClN6O5S. The van der Waals surface area contributed by atoms with Crippen molar-refractivity contribution in [1.29, 1.82) is 0 Å². The zero-order valence-corrected chi connectivity index (χ0v) is 18.4. The van der Waals surface area contributed by atoms with Crippen molar-refractivity contribution in [3.05, 3.63) is 47.2 Å². The maximum atomic E-state index is 12.7. The topological polar surface area (TPSA) is 137 Å². The maximum absolute atomic E-state index is 12.7. The molecule has 13 heteroatoms. The number of sulfonamides is 1. The molecule has 0 spiro atoms. The average molecular weight is 467 g/mol. The van der Waals surface area contributed by atoms with Crippen molar-refractivity contribution in [3.63, 3.8) is 0 Å². The standard InChI is InChI=1S/C18H19ClN6O5S/c1-4-25-10-13(19)16(23-25)17(26)20-11-5-7-12(8-6-11)31(27,28)24-14-9-15(29-2)22-18(21-14)30-3/h5-10H,4H2,1-3H3,(H,20,26)(H,21,22,24). The third-order valence-corrected chi connectivity index (χ3v) is 5.64. The van der Waals surface area contributed by atoms with E-state index in [1.807, 2.05) is 6.92 Å². The molecule has 0 aliphatic heterocycles. The predicted molar refractivity (Wildman–Crippen MR) is 113 cm³/mol. The molecule has 0 saturated heterocycles. The van der Waals surface area contributed by atoms with Crippen LogP contribution in [0.4, 0.5) is 11.5 Å². The molecule has 3 aromatic rings. The number of nitrogens with one attached hydrogen (secondary N) is 2. The highest BCUT2D eigenvalue weighted by atomic mass is 35.5. The molecule has 0 fully saturated rings. The van der Waals surface area contributed by atoms with E-state index in [0.717, 1.165) is 0 Å². The summed E-state index contributed by atoms with van der Waals surface area (Å²) in [6, 6.07) is 6.81. The lowest BCUT2D eigenvalue weighted by Crippen LogP contribution is -2.16. The highest BCUT2D eigenvalue weighted by Gasteiger charge is 2.18. The van der Waals surface area contributed by atoms with Crippen LogP contribution in [-0.4, -0.2) is 48.3 Å². The number of aryl methyl sites for hydroxylation is 1. The van der Waals surface area contributed by atoms with Gasteiger partial charge in [0.15, 0.2) is 11.5 Å². The van der Waals surface area contributed by atoms with Crippen molar-refractivity contribution < 1.29 is 22.7 Å². The van der Waals surface area contributed by atoms with Crippen LogP contribution in [0.3, 0.4) is 0 Å². The zero-order valence-electron chi connectivity index (χ0n) is 16.8. The number of rotatable bonds is 8. The molecule has 1 amide bonds. The molecule has 11 nitrogen and oxygen atoms in total. The lowest BCUT2D eigenvalue weighted by atomic mass is 10.3. The Bertz CT molecular complexity index is 1170. The van der Waals surface area contributed by atoms with Crippen LogP contribution < -0.4 is 19.5 Å². The number of carbonyl (C=O) groups excluding carboxylic acids is 1. The first kappa shape index (κ1) is 22.3. The molecule has 164 valence electrons. The highest BCUT2D eigenvalue weighted by molar-refractivity contribution is 7.92. The molecule has 2 N–H and O–H groups in total. The summed E-state index contributed by atoms with van der Waals surface area (Å²) in [7, 11) is -1.24. The number of anilines is 2. The summed E-state index contributed by atoms with van der Waals surface area (Å²) in [5.74, 6) is -0.403. The van der Waals surface area contributed by atoms with E-state index in [1.165, 1.54) is 49.2 Å². The molecule has 31 heavy (non-hydrogen) atoms. The third-order valence-electron chi connectivity index (χ3n) is 3.99. The Hall–Kier alpha value is -3.38. The second-order valence-electron chi connectivity index (χ2n) is 6.05. The van der Waals surface area contributed by atoms with Crippen LogP contribution in [0.25, 0.3) is 0 Å². The van der Waals surface area contributed by atoms with E-state index in [0.29, 0.717) is 12.2 Å². The number of aromatic nitrogens is 4. The molecule has 0 atom stereocenters. The fourth-order valence-electron chi connectivity index (χ4n) is 2.47. The van der Waals surface area contributed by atoms with E-state index < -0.39 is 15.9 Å². The number of halogens is 1. The molecule has 0 radical (unpaired) electrons. The minimum absolute atomic E-state index is 0.0257. The smallest absolute Gasteiger partial charge is 0.321 e. The minimum Gasteiger partial charge on any atom is -0.481 e. The van der Waals surface area contributed by atoms with Gasteiger partial charge in [-0.2, -0.15) is 15.1 Å². The van der Waals surface area contributed by atoms with E-state index in [1.54, 1.807) is 6.20 Å². The first-order chi connectivity index (χ1) is 14.7. The summed E-state index contributed by atoms with van der Waals surface area (Å²) in [6.07, 6.45) is 1.55. The number of hydrogen-bond acceptors (Lipinski definition) is 8. The van der Waals surface area contributed by atoms with Gasteiger partial charge < -0.3 is 14.8 Å².